The Morgan fingerprint density at radius 2 is 2.33 bits per heavy atom. The first-order valence-corrected chi connectivity index (χ1v) is 3.98. The van der Waals surface area contributed by atoms with E-state index in [1.807, 2.05) is 13.0 Å². The molecule has 3 heteroatoms. The fraction of sp³-hybridized carbons (Fsp3) is 0.556. The Morgan fingerprint density at radius 3 is 2.75 bits per heavy atom. The van der Waals surface area contributed by atoms with Crippen molar-refractivity contribution in [2.75, 3.05) is 6.61 Å². The molecule has 1 atom stereocenters. The Kier molecular flexibility index (Phi) is 2.55. The van der Waals surface area contributed by atoms with Crippen LogP contribution in [0.15, 0.2) is 16.7 Å². The van der Waals surface area contributed by atoms with Crippen molar-refractivity contribution in [3.63, 3.8) is 0 Å². The molecule has 0 aliphatic heterocycles. The van der Waals surface area contributed by atoms with Gasteiger partial charge in [-0.25, -0.2) is 0 Å². The molecule has 68 valence electrons. The van der Waals surface area contributed by atoms with Gasteiger partial charge in [0.2, 0.25) is 0 Å². The molecule has 0 aromatic carbocycles. The van der Waals surface area contributed by atoms with E-state index < -0.39 is 5.54 Å². The zero-order chi connectivity index (χ0) is 9.19. The molecular formula is C9H15NO2. The smallest absolute Gasteiger partial charge is 0.108 e. The molecule has 12 heavy (non-hydrogen) atoms. The maximum Gasteiger partial charge on any atom is 0.108 e. The SMILES string of the molecule is Cc1ccoc1CC(C)(N)CO. The normalized spacial score (nSPS) is 16.0. The van der Waals surface area contributed by atoms with Crippen molar-refractivity contribution in [2.24, 2.45) is 5.73 Å². The second-order valence-corrected chi connectivity index (χ2v) is 3.52. The summed E-state index contributed by atoms with van der Waals surface area (Å²) in [6, 6.07) is 1.89. The Hall–Kier alpha value is -0.800. The molecule has 1 aromatic rings. The van der Waals surface area contributed by atoms with Gasteiger partial charge in [-0.05, 0) is 25.5 Å². The van der Waals surface area contributed by atoms with Crippen molar-refractivity contribution < 1.29 is 9.52 Å². The summed E-state index contributed by atoms with van der Waals surface area (Å²) in [5.41, 5.74) is 6.27. The van der Waals surface area contributed by atoms with E-state index in [1.54, 1.807) is 13.2 Å². The van der Waals surface area contributed by atoms with Crippen LogP contribution in [0.25, 0.3) is 0 Å². The van der Waals surface area contributed by atoms with Crippen molar-refractivity contribution in [1.82, 2.24) is 0 Å². The van der Waals surface area contributed by atoms with E-state index in [0.717, 1.165) is 11.3 Å². The molecule has 0 fully saturated rings. The maximum atomic E-state index is 8.92. The zero-order valence-corrected chi connectivity index (χ0v) is 7.50. The first kappa shape index (κ1) is 9.29. The third-order valence-corrected chi connectivity index (χ3v) is 1.89. The second-order valence-electron chi connectivity index (χ2n) is 3.52. The van der Waals surface area contributed by atoms with Crippen LogP contribution < -0.4 is 5.73 Å². The maximum absolute atomic E-state index is 8.92. The molecule has 1 aromatic heterocycles. The third kappa shape index (κ3) is 2.09. The van der Waals surface area contributed by atoms with Gasteiger partial charge in [-0.1, -0.05) is 0 Å². The predicted molar refractivity (Wildman–Crippen MR) is 46.8 cm³/mol. The molecule has 0 amide bonds. The van der Waals surface area contributed by atoms with Gasteiger partial charge in [0, 0.05) is 12.0 Å². The molecular weight excluding hydrogens is 154 g/mol. The van der Waals surface area contributed by atoms with Gasteiger partial charge in [-0.2, -0.15) is 0 Å². The number of rotatable bonds is 3. The molecule has 0 aliphatic rings. The highest BCUT2D eigenvalue weighted by Gasteiger charge is 2.20. The average Bonchev–Trinajstić information content (AvgIpc) is 2.36. The van der Waals surface area contributed by atoms with Gasteiger partial charge in [0.15, 0.2) is 0 Å². The number of nitrogens with two attached hydrogens (primary N) is 1. The molecule has 0 aliphatic carbocycles. The second kappa shape index (κ2) is 3.29. The van der Waals surface area contributed by atoms with Crippen molar-refractivity contribution in [3.8, 4) is 0 Å². The topological polar surface area (TPSA) is 59.4 Å². The van der Waals surface area contributed by atoms with E-state index in [1.165, 1.54) is 0 Å². The fourth-order valence-corrected chi connectivity index (χ4v) is 1.01. The Morgan fingerprint density at radius 1 is 1.67 bits per heavy atom. The van der Waals surface area contributed by atoms with E-state index >= 15 is 0 Å². The summed E-state index contributed by atoms with van der Waals surface area (Å²) in [6.07, 6.45) is 2.21. The number of furan rings is 1. The number of hydrogen-bond donors (Lipinski definition) is 2. The van der Waals surface area contributed by atoms with Crippen LogP contribution in [0.4, 0.5) is 0 Å². The predicted octanol–water partition coefficient (Wildman–Crippen LogP) is 0.840. The van der Waals surface area contributed by atoms with Gasteiger partial charge in [0.1, 0.15) is 5.76 Å². The van der Waals surface area contributed by atoms with Gasteiger partial charge in [-0.15, -0.1) is 0 Å². The largest absolute Gasteiger partial charge is 0.469 e. The lowest BCUT2D eigenvalue weighted by atomic mass is 9.97. The third-order valence-electron chi connectivity index (χ3n) is 1.89. The first-order chi connectivity index (χ1) is 5.55. The number of aryl methyl sites for hydroxylation is 1. The van der Waals surface area contributed by atoms with Crippen LogP contribution >= 0.6 is 0 Å². The minimum Gasteiger partial charge on any atom is -0.469 e. The Balaban J connectivity index is 2.70. The summed E-state index contributed by atoms with van der Waals surface area (Å²) in [5, 5.41) is 8.92. The van der Waals surface area contributed by atoms with Crippen LogP contribution in [-0.2, 0) is 6.42 Å². The quantitative estimate of drug-likeness (QED) is 0.705. The zero-order valence-electron chi connectivity index (χ0n) is 7.50. The molecule has 0 spiro atoms. The summed E-state index contributed by atoms with van der Waals surface area (Å²) in [6.45, 7) is 3.73. The van der Waals surface area contributed by atoms with Crippen molar-refractivity contribution in [3.05, 3.63) is 23.7 Å². The van der Waals surface area contributed by atoms with Gasteiger partial charge in [0.25, 0.3) is 0 Å². The standard InChI is InChI=1S/C9H15NO2/c1-7-3-4-12-8(7)5-9(2,10)6-11/h3-4,11H,5-6,10H2,1-2H3. The van der Waals surface area contributed by atoms with Crippen LogP contribution in [0.1, 0.15) is 18.2 Å². The average molecular weight is 169 g/mol. The fourth-order valence-electron chi connectivity index (χ4n) is 1.01. The molecule has 0 bridgehead atoms. The van der Waals surface area contributed by atoms with E-state index in [9.17, 15) is 0 Å². The van der Waals surface area contributed by atoms with Gasteiger partial charge in [0.05, 0.1) is 12.9 Å². The molecule has 1 rings (SSSR count). The summed E-state index contributed by atoms with van der Waals surface area (Å²) in [4.78, 5) is 0. The Labute approximate surface area is 72.2 Å². The minimum absolute atomic E-state index is 0.0346. The summed E-state index contributed by atoms with van der Waals surface area (Å²) >= 11 is 0. The summed E-state index contributed by atoms with van der Waals surface area (Å²) in [7, 11) is 0. The first-order valence-electron chi connectivity index (χ1n) is 3.98. The van der Waals surface area contributed by atoms with Crippen molar-refractivity contribution in [1.29, 1.82) is 0 Å². The Bertz CT molecular complexity index is 253. The number of hydrogen-bond acceptors (Lipinski definition) is 3. The lowest BCUT2D eigenvalue weighted by Gasteiger charge is -2.20. The van der Waals surface area contributed by atoms with E-state index in [0.29, 0.717) is 6.42 Å². The molecule has 0 radical (unpaired) electrons. The van der Waals surface area contributed by atoms with E-state index in [-0.39, 0.29) is 6.61 Å². The lowest BCUT2D eigenvalue weighted by Crippen LogP contribution is -2.42. The molecule has 1 unspecified atom stereocenters. The minimum atomic E-state index is -0.581. The highest BCUT2D eigenvalue weighted by Crippen LogP contribution is 2.15. The molecule has 3 nitrogen and oxygen atoms in total. The molecule has 1 heterocycles. The number of aliphatic hydroxyl groups excluding tert-OH is 1. The van der Waals surface area contributed by atoms with Gasteiger partial charge in [-0.3, -0.25) is 0 Å². The van der Waals surface area contributed by atoms with Crippen molar-refractivity contribution in [2.45, 2.75) is 25.8 Å². The van der Waals surface area contributed by atoms with Crippen molar-refractivity contribution >= 4 is 0 Å². The molecule has 0 saturated carbocycles. The van der Waals surface area contributed by atoms with Gasteiger partial charge >= 0.3 is 0 Å². The lowest BCUT2D eigenvalue weighted by molar-refractivity contribution is 0.202. The summed E-state index contributed by atoms with van der Waals surface area (Å²) < 4.78 is 5.21. The highest BCUT2D eigenvalue weighted by atomic mass is 16.3. The molecule has 3 N–H and O–H groups in total. The van der Waals surface area contributed by atoms with Gasteiger partial charge < -0.3 is 15.3 Å². The van der Waals surface area contributed by atoms with E-state index in [2.05, 4.69) is 0 Å². The molecule has 0 saturated heterocycles. The summed E-state index contributed by atoms with van der Waals surface area (Å²) in [5.74, 6) is 0.856. The highest BCUT2D eigenvalue weighted by molar-refractivity contribution is 5.16. The van der Waals surface area contributed by atoms with Crippen LogP contribution in [0.2, 0.25) is 0 Å². The monoisotopic (exact) mass is 169 g/mol. The van der Waals surface area contributed by atoms with Crippen LogP contribution in [0.5, 0.6) is 0 Å². The van der Waals surface area contributed by atoms with E-state index in [4.69, 9.17) is 15.3 Å². The van der Waals surface area contributed by atoms with Crippen LogP contribution in [0.3, 0.4) is 0 Å². The van der Waals surface area contributed by atoms with Crippen LogP contribution in [-0.4, -0.2) is 17.3 Å². The number of aliphatic hydroxyl groups is 1. The van der Waals surface area contributed by atoms with Crippen LogP contribution in [0, 0.1) is 6.92 Å².